The molecule has 0 fully saturated rings. The molecule has 0 bridgehead atoms. The maximum Gasteiger partial charge on any atom is 0.328 e. The van der Waals surface area contributed by atoms with E-state index in [2.05, 4.69) is 26.6 Å². The van der Waals surface area contributed by atoms with Crippen LogP contribution in [0.2, 0.25) is 0 Å². The molecule has 5 atom stereocenters. The van der Waals surface area contributed by atoms with Crippen LogP contribution in [0.25, 0.3) is 0 Å². The van der Waals surface area contributed by atoms with Crippen molar-refractivity contribution in [3.63, 3.8) is 0 Å². The summed E-state index contributed by atoms with van der Waals surface area (Å²) in [6.45, 7) is 4.13. The van der Waals surface area contributed by atoms with E-state index in [1.807, 2.05) is 44.2 Å². The molecule has 2 rings (SSSR count). The molecule has 2 aromatic carbocycles. The number of benzene rings is 2. The Morgan fingerprint density at radius 3 is 1.65 bits per heavy atom. The standard InChI is InChI=1S/C44H63N7O9/c1-3-30(2)40(44(60)49-33(41(46)57)27-31-19-13-11-14-20-31)51-37(53)23-17-9-7-5-4-6-8-10-18-26-47-42(58)35(29-36(45)52)50-43(59)34(28-32-21-15-12-16-22-32)48-38(54)24-25-39(55)56/h11-16,19-22,24-25,30,33-35,40H,3-10,17-18,23,26-29H2,1-2H3,(H2,45,52)(H2,46,57)(H,47,58)(H,48,54)(H,49,60)(H,50,59)(H,51,53)(H,55,56)/b25-24+/t30-,33+,34-,35+,40+/m1/s1. The molecule has 7 amide bonds. The summed E-state index contributed by atoms with van der Waals surface area (Å²) in [5, 5.41) is 22.1. The minimum Gasteiger partial charge on any atom is -0.478 e. The fourth-order valence-corrected chi connectivity index (χ4v) is 6.37. The maximum atomic E-state index is 13.2. The molecular formula is C44H63N7O9. The second-order valence-electron chi connectivity index (χ2n) is 15.0. The summed E-state index contributed by atoms with van der Waals surface area (Å²) < 4.78 is 0. The van der Waals surface area contributed by atoms with E-state index in [0.717, 1.165) is 56.6 Å². The molecule has 60 heavy (non-hydrogen) atoms. The first kappa shape index (κ1) is 50.1. The molecule has 0 saturated heterocycles. The highest BCUT2D eigenvalue weighted by Gasteiger charge is 2.30. The molecule has 0 aromatic heterocycles. The van der Waals surface area contributed by atoms with Gasteiger partial charge in [0.2, 0.25) is 41.4 Å². The van der Waals surface area contributed by atoms with Crippen LogP contribution in [0.3, 0.4) is 0 Å². The van der Waals surface area contributed by atoms with Crippen LogP contribution in [0.5, 0.6) is 0 Å². The van der Waals surface area contributed by atoms with Crippen LogP contribution in [0.1, 0.15) is 102 Å². The van der Waals surface area contributed by atoms with E-state index >= 15 is 0 Å². The second-order valence-corrected chi connectivity index (χ2v) is 15.0. The Morgan fingerprint density at radius 1 is 0.617 bits per heavy atom. The molecule has 0 unspecified atom stereocenters. The lowest BCUT2D eigenvalue weighted by Gasteiger charge is -2.26. The van der Waals surface area contributed by atoms with E-state index in [1.165, 1.54) is 0 Å². The quantitative estimate of drug-likeness (QED) is 0.0424. The number of rotatable bonds is 30. The summed E-state index contributed by atoms with van der Waals surface area (Å²) in [4.78, 5) is 99.3. The highest BCUT2D eigenvalue weighted by Crippen LogP contribution is 2.13. The number of unbranched alkanes of at least 4 members (excludes halogenated alkanes) is 8. The number of hydrogen-bond acceptors (Lipinski definition) is 8. The normalized spacial score (nSPS) is 13.5. The van der Waals surface area contributed by atoms with Gasteiger partial charge in [0.15, 0.2) is 0 Å². The Bertz CT molecular complexity index is 1720. The molecule has 2 aromatic rings. The minimum absolute atomic E-state index is 0.0418. The molecule has 16 heteroatoms. The van der Waals surface area contributed by atoms with Gasteiger partial charge in [-0.1, -0.05) is 126 Å². The van der Waals surface area contributed by atoms with Gasteiger partial charge in [-0.25, -0.2) is 4.79 Å². The summed E-state index contributed by atoms with van der Waals surface area (Å²) in [6, 6.07) is 13.9. The van der Waals surface area contributed by atoms with Gasteiger partial charge in [0.1, 0.15) is 24.2 Å². The summed E-state index contributed by atoms with van der Waals surface area (Å²) in [5.41, 5.74) is 12.5. The molecule has 0 heterocycles. The number of primary amides is 2. The fraction of sp³-hybridized carbons (Fsp3) is 0.500. The molecule has 16 nitrogen and oxygen atoms in total. The lowest BCUT2D eigenvalue weighted by molar-refractivity contribution is -0.133. The lowest BCUT2D eigenvalue weighted by atomic mass is 9.97. The third-order valence-electron chi connectivity index (χ3n) is 9.97. The minimum atomic E-state index is -1.34. The van der Waals surface area contributed by atoms with E-state index in [4.69, 9.17) is 16.6 Å². The Hall–Kier alpha value is -6.06. The van der Waals surface area contributed by atoms with Crippen LogP contribution in [0.4, 0.5) is 0 Å². The van der Waals surface area contributed by atoms with Crippen molar-refractivity contribution in [1.82, 2.24) is 26.6 Å². The Balaban J connectivity index is 1.69. The average molecular weight is 834 g/mol. The molecule has 0 spiro atoms. The number of aliphatic carboxylic acids is 1. The van der Waals surface area contributed by atoms with Gasteiger partial charge in [0, 0.05) is 38.0 Å². The first-order valence-corrected chi connectivity index (χ1v) is 20.7. The summed E-state index contributed by atoms with van der Waals surface area (Å²) in [7, 11) is 0. The van der Waals surface area contributed by atoms with Crippen molar-refractivity contribution in [2.24, 2.45) is 17.4 Å². The summed E-state index contributed by atoms with van der Waals surface area (Å²) >= 11 is 0. The summed E-state index contributed by atoms with van der Waals surface area (Å²) in [5.74, 6) is -5.75. The van der Waals surface area contributed by atoms with Gasteiger partial charge in [-0.3, -0.25) is 33.6 Å². The number of hydrogen-bond donors (Lipinski definition) is 8. The number of carbonyl (C=O) groups excluding carboxylic acids is 7. The monoisotopic (exact) mass is 833 g/mol. The van der Waals surface area contributed by atoms with Gasteiger partial charge in [-0.2, -0.15) is 0 Å². The zero-order valence-corrected chi connectivity index (χ0v) is 34.8. The van der Waals surface area contributed by atoms with Crippen LogP contribution < -0.4 is 38.1 Å². The van der Waals surface area contributed by atoms with Crippen LogP contribution in [-0.2, 0) is 51.2 Å². The predicted molar refractivity (Wildman–Crippen MR) is 226 cm³/mol. The number of amides is 7. The van der Waals surface area contributed by atoms with E-state index in [-0.39, 0.29) is 31.1 Å². The molecule has 0 aliphatic carbocycles. The van der Waals surface area contributed by atoms with Gasteiger partial charge in [0.05, 0.1) is 6.42 Å². The molecular weight excluding hydrogens is 771 g/mol. The van der Waals surface area contributed by atoms with E-state index < -0.39 is 72.0 Å². The van der Waals surface area contributed by atoms with Crippen LogP contribution in [0, 0.1) is 5.92 Å². The number of carboxylic acid groups (broad SMARTS) is 1. The first-order chi connectivity index (χ1) is 28.7. The van der Waals surface area contributed by atoms with E-state index in [1.54, 1.807) is 30.3 Å². The zero-order valence-electron chi connectivity index (χ0n) is 34.8. The number of nitrogens with two attached hydrogens (primary N) is 2. The van der Waals surface area contributed by atoms with Crippen molar-refractivity contribution < 1.29 is 43.5 Å². The fourth-order valence-electron chi connectivity index (χ4n) is 6.37. The van der Waals surface area contributed by atoms with Gasteiger partial charge in [0.25, 0.3) is 0 Å². The topological polar surface area (TPSA) is 269 Å². The van der Waals surface area contributed by atoms with Gasteiger partial charge in [-0.05, 0) is 29.9 Å². The third-order valence-corrected chi connectivity index (χ3v) is 9.97. The van der Waals surface area contributed by atoms with Gasteiger partial charge in [-0.15, -0.1) is 0 Å². The predicted octanol–water partition coefficient (Wildman–Crippen LogP) is 2.48. The molecule has 0 saturated carbocycles. The highest BCUT2D eigenvalue weighted by atomic mass is 16.4. The van der Waals surface area contributed by atoms with Crippen molar-refractivity contribution >= 4 is 47.3 Å². The van der Waals surface area contributed by atoms with E-state index in [9.17, 15) is 38.4 Å². The first-order valence-electron chi connectivity index (χ1n) is 20.7. The van der Waals surface area contributed by atoms with Crippen LogP contribution >= 0.6 is 0 Å². The number of carboxylic acids is 1. The summed E-state index contributed by atoms with van der Waals surface area (Å²) in [6.07, 6.45) is 10.2. The van der Waals surface area contributed by atoms with Crippen molar-refractivity contribution in [3.05, 3.63) is 83.9 Å². The van der Waals surface area contributed by atoms with Gasteiger partial charge >= 0.3 is 5.97 Å². The number of nitrogens with one attached hydrogen (secondary N) is 5. The molecule has 328 valence electrons. The molecule has 0 aliphatic heterocycles. The Labute approximate surface area is 352 Å². The maximum absolute atomic E-state index is 13.2. The Morgan fingerprint density at radius 2 is 1.13 bits per heavy atom. The third kappa shape index (κ3) is 21.1. The van der Waals surface area contributed by atoms with Crippen molar-refractivity contribution in [2.45, 2.75) is 128 Å². The lowest BCUT2D eigenvalue weighted by Crippen LogP contribution is -2.55. The van der Waals surface area contributed by atoms with Crippen LogP contribution in [0.15, 0.2) is 72.8 Å². The van der Waals surface area contributed by atoms with Crippen LogP contribution in [-0.4, -0.2) is 83.1 Å². The molecule has 0 radical (unpaired) electrons. The van der Waals surface area contributed by atoms with E-state index in [0.29, 0.717) is 37.4 Å². The van der Waals surface area contributed by atoms with Gasteiger partial charge < -0.3 is 43.2 Å². The van der Waals surface area contributed by atoms with Crippen molar-refractivity contribution in [3.8, 4) is 0 Å². The number of carbonyl (C=O) groups is 8. The molecule has 10 N–H and O–H groups in total. The smallest absolute Gasteiger partial charge is 0.328 e. The Kier molecular flexibility index (Phi) is 23.7. The second kappa shape index (κ2) is 28.4. The van der Waals surface area contributed by atoms with Crippen molar-refractivity contribution in [1.29, 1.82) is 0 Å². The SMILES string of the molecule is CC[C@@H](C)[C@H](NC(=O)CCCCCCCCCCCNC(=O)[C@H](CC(N)=O)NC(=O)[C@@H](Cc1ccccc1)NC(=O)/C=C/C(=O)O)C(=O)N[C@@H](Cc1ccccc1)C(N)=O. The zero-order chi connectivity index (χ0) is 44.3. The highest BCUT2D eigenvalue weighted by molar-refractivity contribution is 5.98. The van der Waals surface area contributed by atoms with Crippen molar-refractivity contribution in [2.75, 3.05) is 6.54 Å². The largest absolute Gasteiger partial charge is 0.478 e. The average Bonchev–Trinajstić information content (AvgIpc) is 3.21. The molecule has 0 aliphatic rings.